The van der Waals surface area contributed by atoms with Crippen molar-refractivity contribution in [3.8, 4) is 0 Å². The van der Waals surface area contributed by atoms with Crippen LogP contribution in [0.3, 0.4) is 0 Å². The summed E-state index contributed by atoms with van der Waals surface area (Å²) in [5.74, 6) is 5.14. The van der Waals surface area contributed by atoms with Crippen LogP contribution >= 0.6 is 22.9 Å². The zero-order valence-electron chi connectivity index (χ0n) is 9.27. The van der Waals surface area contributed by atoms with E-state index < -0.39 is 0 Å². The molecule has 0 aliphatic rings. The zero-order chi connectivity index (χ0) is 13.1. The fourth-order valence-corrected chi connectivity index (χ4v) is 1.99. The Balaban J connectivity index is 2.16. The number of halogens is 1. The summed E-state index contributed by atoms with van der Waals surface area (Å²) in [6, 6.07) is 1.47. The van der Waals surface area contributed by atoms with Crippen molar-refractivity contribution in [2.24, 2.45) is 5.84 Å². The Labute approximate surface area is 111 Å². The molecule has 0 unspecified atom stereocenters. The monoisotopic (exact) mass is 284 g/mol. The molecule has 94 valence electrons. The number of hydrogen-bond acceptors (Lipinski definition) is 7. The van der Waals surface area contributed by atoms with Gasteiger partial charge < -0.3 is 5.43 Å². The van der Waals surface area contributed by atoms with Gasteiger partial charge in [-0.3, -0.25) is 10.1 Å². The van der Waals surface area contributed by atoms with Crippen molar-refractivity contribution in [1.82, 2.24) is 15.2 Å². The minimum absolute atomic E-state index is 0.263. The second kappa shape index (κ2) is 5.25. The minimum atomic E-state index is -0.357. The molecular formula is C9H9ClN6OS. The lowest BCUT2D eigenvalue weighted by Gasteiger charge is -2.04. The van der Waals surface area contributed by atoms with Crippen LogP contribution in [0.25, 0.3) is 0 Å². The van der Waals surface area contributed by atoms with Crippen molar-refractivity contribution in [3.63, 3.8) is 0 Å². The Morgan fingerprint density at radius 3 is 2.83 bits per heavy atom. The maximum Gasteiger partial charge on any atom is 0.259 e. The molecular weight excluding hydrogens is 276 g/mol. The number of hydrazine groups is 1. The Morgan fingerprint density at radius 2 is 2.28 bits per heavy atom. The van der Waals surface area contributed by atoms with Gasteiger partial charge in [0.25, 0.3) is 5.91 Å². The standard InChI is InChI=1S/C9H9ClN6OS/c1-4-15-16-9(18-4)13-8(17)5-2-6(10)7(14-11)12-3-5/h2-3H,11H2,1H3,(H,12,14)(H,13,16,17). The minimum Gasteiger partial charge on any atom is -0.307 e. The number of pyridine rings is 1. The molecule has 0 radical (unpaired) electrons. The lowest BCUT2D eigenvalue weighted by Crippen LogP contribution is -2.14. The number of rotatable bonds is 3. The predicted octanol–water partition coefficient (Wildman–Crippen LogP) is 1.43. The fourth-order valence-electron chi connectivity index (χ4n) is 1.18. The predicted molar refractivity (Wildman–Crippen MR) is 69.7 cm³/mol. The van der Waals surface area contributed by atoms with Crippen LogP contribution in [0, 0.1) is 6.92 Å². The van der Waals surface area contributed by atoms with Gasteiger partial charge >= 0.3 is 0 Å². The summed E-state index contributed by atoms with van der Waals surface area (Å²) < 4.78 is 0. The molecule has 1 amide bonds. The number of anilines is 2. The molecule has 0 aliphatic heterocycles. The first-order valence-electron chi connectivity index (χ1n) is 4.84. The molecule has 0 saturated heterocycles. The van der Waals surface area contributed by atoms with E-state index in [-0.39, 0.29) is 10.9 Å². The molecule has 0 atom stereocenters. The van der Waals surface area contributed by atoms with Crippen LogP contribution in [0.1, 0.15) is 15.4 Å². The number of nitrogens with zero attached hydrogens (tertiary/aromatic N) is 3. The molecule has 4 N–H and O–H groups in total. The van der Waals surface area contributed by atoms with Crippen LogP contribution in [0.4, 0.5) is 10.9 Å². The third kappa shape index (κ3) is 2.73. The van der Waals surface area contributed by atoms with Gasteiger partial charge in [0.15, 0.2) is 5.82 Å². The number of aromatic nitrogens is 3. The van der Waals surface area contributed by atoms with Crippen LogP contribution in [-0.2, 0) is 0 Å². The van der Waals surface area contributed by atoms with E-state index in [2.05, 4.69) is 25.9 Å². The highest BCUT2D eigenvalue weighted by molar-refractivity contribution is 7.15. The van der Waals surface area contributed by atoms with Gasteiger partial charge in [-0.15, -0.1) is 10.2 Å². The number of carbonyl (C=O) groups is 1. The van der Waals surface area contributed by atoms with E-state index in [1.807, 2.05) is 0 Å². The largest absolute Gasteiger partial charge is 0.307 e. The molecule has 2 heterocycles. The van der Waals surface area contributed by atoms with E-state index >= 15 is 0 Å². The highest BCUT2D eigenvalue weighted by atomic mass is 35.5. The van der Waals surface area contributed by atoms with Crippen LogP contribution < -0.4 is 16.6 Å². The van der Waals surface area contributed by atoms with Crippen LogP contribution in [-0.4, -0.2) is 21.1 Å². The average Bonchev–Trinajstić information content (AvgIpc) is 2.74. The maximum absolute atomic E-state index is 11.9. The number of nitrogen functional groups attached to an aromatic ring is 1. The third-order valence-corrected chi connectivity index (χ3v) is 3.03. The molecule has 0 aliphatic carbocycles. The quantitative estimate of drug-likeness (QED) is 0.581. The Morgan fingerprint density at radius 1 is 1.50 bits per heavy atom. The Hall–Kier alpha value is -1.77. The summed E-state index contributed by atoms with van der Waals surface area (Å²) in [6.07, 6.45) is 1.37. The van der Waals surface area contributed by atoms with Gasteiger partial charge in [0, 0.05) is 6.20 Å². The first-order chi connectivity index (χ1) is 8.60. The molecule has 0 bridgehead atoms. The number of aryl methyl sites for hydroxylation is 1. The van der Waals surface area contributed by atoms with Crippen molar-refractivity contribution in [2.75, 3.05) is 10.7 Å². The third-order valence-electron chi connectivity index (χ3n) is 1.99. The first kappa shape index (κ1) is 12.7. The van der Waals surface area contributed by atoms with Crippen molar-refractivity contribution in [1.29, 1.82) is 0 Å². The highest BCUT2D eigenvalue weighted by Crippen LogP contribution is 2.20. The van der Waals surface area contributed by atoms with Crippen molar-refractivity contribution in [2.45, 2.75) is 6.92 Å². The number of carbonyl (C=O) groups excluding carboxylic acids is 1. The normalized spacial score (nSPS) is 10.2. The molecule has 2 aromatic heterocycles. The van der Waals surface area contributed by atoms with E-state index in [0.29, 0.717) is 16.5 Å². The molecule has 0 spiro atoms. The van der Waals surface area contributed by atoms with E-state index in [9.17, 15) is 4.79 Å². The van der Waals surface area contributed by atoms with Gasteiger partial charge in [-0.25, -0.2) is 10.8 Å². The first-order valence-corrected chi connectivity index (χ1v) is 6.03. The zero-order valence-corrected chi connectivity index (χ0v) is 10.8. The van der Waals surface area contributed by atoms with Crippen LogP contribution in [0.5, 0.6) is 0 Å². The van der Waals surface area contributed by atoms with Crippen molar-refractivity contribution >= 4 is 39.8 Å². The molecule has 18 heavy (non-hydrogen) atoms. The average molecular weight is 285 g/mol. The second-order valence-corrected chi connectivity index (χ2v) is 4.87. The molecule has 0 aromatic carbocycles. The summed E-state index contributed by atoms with van der Waals surface area (Å²) in [5.41, 5.74) is 2.63. The van der Waals surface area contributed by atoms with Crippen LogP contribution in [0.15, 0.2) is 12.3 Å². The highest BCUT2D eigenvalue weighted by Gasteiger charge is 2.11. The summed E-state index contributed by atoms with van der Waals surface area (Å²) in [4.78, 5) is 15.8. The smallest absolute Gasteiger partial charge is 0.259 e. The van der Waals surface area contributed by atoms with Gasteiger partial charge in [-0.05, 0) is 13.0 Å². The van der Waals surface area contributed by atoms with Gasteiger partial charge in [-0.1, -0.05) is 22.9 Å². The second-order valence-electron chi connectivity index (χ2n) is 3.28. The van der Waals surface area contributed by atoms with Gasteiger partial charge in [0.1, 0.15) is 5.01 Å². The summed E-state index contributed by atoms with van der Waals surface area (Å²) in [5, 5.41) is 11.6. The van der Waals surface area contributed by atoms with E-state index in [1.54, 1.807) is 6.92 Å². The van der Waals surface area contributed by atoms with E-state index in [1.165, 1.54) is 23.6 Å². The number of amides is 1. The number of nitrogens with two attached hydrogens (primary N) is 1. The molecule has 0 saturated carbocycles. The van der Waals surface area contributed by atoms with Crippen molar-refractivity contribution in [3.05, 3.63) is 27.9 Å². The Bertz CT molecular complexity index is 586. The van der Waals surface area contributed by atoms with Gasteiger partial charge in [0.2, 0.25) is 5.13 Å². The lowest BCUT2D eigenvalue weighted by molar-refractivity contribution is 0.102. The molecule has 9 heteroatoms. The molecule has 2 rings (SSSR count). The van der Waals surface area contributed by atoms with Crippen molar-refractivity contribution < 1.29 is 4.79 Å². The van der Waals surface area contributed by atoms with E-state index in [0.717, 1.165) is 5.01 Å². The lowest BCUT2D eigenvalue weighted by atomic mass is 10.2. The number of hydrogen-bond donors (Lipinski definition) is 3. The van der Waals surface area contributed by atoms with Gasteiger partial charge in [0.05, 0.1) is 10.6 Å². The number of nitrogens with one attached hydrogen (secondary N) is 2. The molecule has 7 nitrogen and oxygen atoms in total. The maximum atomic E-state index is 11.9. The molecule has 0 fully saturated rings. The molecule has 2 aromatic rings. The summed E-state index contributed by atoms with van der Waals surface area (Å²) in [6.45, 7) is 1.80. The fraction of sp³-hybridized carbons (Fsp3) is 0.111. The topological polar surface area (TPSA) is 106 Å². The van der Waals surface area contributed by atoms with Crippen LogP contribution in [0.2, 0.25) is 5.02 Å². The summed E-state index contributed by atoms with van der Waals surface area (Å²) in [7, 11) is 0. The van der Waals surface area contributed by atoms with E-state index in [4.69, 9.17) is 17.4 Å². The summed E-state index contributed by atoms with van der Waals surface area (Å²) >= 11 is 7.15. The Kier molecular flexibility index (Phi) is 3.70. The SMILES string of the molecule is Cc1nnc(NC(=O)c2cnc(NN)c(Cl)c2)s1. The van der Waals surface area contributed by atoms with Gasteiger partial charge in [-0.2, -0.15) is 0 Å².